The van der Waals surface area contributed by atoms with Gasteiger partial charge in [0.15, 0.2) is 0 Å². The molecule has 252 valence electrons. The zero-order valence-corrected chi connectivity index (χ0v) is 29.0. The molecule has 0 saturated carbocycles. The van der Waals surface area contributed by atoms with Gasteiger partial charge in [0.05, 0.1) is 12.2 Å². The topological polar surface area (TPSA) is 39.7 Å². The van der Waals surface area contributed by atoms with Crippen molar-refractivity contribution in [3.05, 3.63) is 178 Å². The fourth-order valence-electron chi connectivity index (χ4n) is 9.45. The van der Waals surface area contributed by atoms with Crippen LogP contribution in [0.5, 0.6) is 0 Å². The number of rotatable bonds is 5. The molecule has 5 aliphatic carbocycles. The highest BCUT2D eigenvalue weighted by Gasteiger charge is 2.45. The SMILES string of the molecule is C1=CC(C2NC(C3=CCCC=C3)=NC(c3ccccc3)N2)CC(N2c3cc(-c4ccccc4)c4c(c3C3C5=C(C=CC32)CCC=C5)CCC=C4)=C1. The Kier molecular flexibility index (Phi) is 7.71. The van der Waals surface area contributed by atoms with Crippen molar-refractivity contribution >= 4 is 17.6 Å². The zero-order valence-electron chi connectivity index (χ0n) is 29.0. The lowest BCUT2D eigenvalue weighted by Crippen LogP contribution is -2.55. The Hall–Kier alpha value is -5.19. The molecule has 0 radical (unpaired) electrons. The van der Waals surface area contributed by atoms with Crippen LogP contribution >= 0.6 is 0 Å². The standard InChI is InChI=1S/C47H44N4/c1-4-15-31(16-5-1)40-30-42-44(39-26-13-12-25-38(39)40)43-37-24-11-10-17-32(37)27-28-41(43)51(42)36-23-14-22-35(29-36)47-49-45(33-18-6-2-7-19-33)48-46(50-47)34-20-8-3-9-21-34/h1-2,4-8,11-12,14-16,18-25,27-28,30,35,41,43,45,47,49H,3,9-10,13,17,26,29H2,(H,48,50). The number of hydrogen-bond acceptors (Lipinski definition) is 4. The van der Waals surface area contributed by atoms with E-state index in [0.29, 0.717) is 5.92 Å². The number of nitrogens with zero attached hydrogens (tertiary/aromatic N) is 2. The van der Waals surface area contributed by atoms with Gasteiger partial charge < -0.3 is 10.2 Å². The summed E-state index contributed by atoms with van der Waals surface area (Å²) in [6.45, 7) is 0. The van der Waals surface area contributed by atoms with Gasteiger partial charge in [0.25, 0.3) is 0 Å². The van der Waals surface area contributed by atoms with Crippen LogP contribution in [0.15, 0.2) is 161 Å². The Morgan fingerprint density at radius 2 is 1.61 bits per heavy atom. The van der Waals surface area contributed by atoms with Gasteiger partial charge in [-0.2, -0.15) is 0 Å². The maximum absolute atomic E-state index is 5.22. The molecular weight excluding hydrogens is 621 g/mol. The van der Waals surface area contributed by atoms with E-state index in [2.05, 4.69) is 155 Å². The summed E-state index contributed by atoms with van der Waals surface area (Å²) in [5.74, 6) is 1.57. The monoisotopic (exact) mass is 664 g/mol. The van der Waals surface area contributed by atoms with E-state index in [-0.39, 0.29) is 24.3 Å². The molecule has 0 amide bonds. The molecule has 3 aromatic rings. The molecule has 3 aromatic carbocycles. The van der Waals surface area contributed by atoms with Crippen molar-refractivity contribution in [1.82, 2.24) is 10.6 Å². The summed E-state index contributed by atoms with van der Waals surface area (Å²) in [4.78, 5) is 7.94. The molecule has 4 heteroatoms. The minimum Gasteiger partial charge on any atom is -0.354 e. The van der Waals surface area contributed by atoms with Gasteiger partial charge in [0.2, 0.25) is 0 Å². The molecule has 10 rings (SSSR count). The summed E-state index contributed by atoms with van der Waals surface area (Å²) in [5.41, 5.74) is 15.4. The first-order valence-electron chi connectivity index (χ1n) is 19.0. The van der Waals surface area contributed by atoms with Crippen molar-refractivity contribution in [3.8, 4) is 11.1 Å². The van der Waals surface area contributed by atoms with E-state index < -0.39 is 0 Å². The molecule has 2 heterocycles. The van der Waals surface area contributed by atoms with Crippen LogP contribution in [-0.4, -0.2) is 18.0 Å². The van der Waals surface area contributed by atoms with Crippen LogP contribution in [0.25, 0.3) is 17.2 Å². The van der Waals surface area contributed by atoms with Crippen LogP contribution in [0.2, 0.25) is 0 Å². The van der Waals surface area contributed by atoms with Gasteiger partial charge >= 0.3 is 0 Å². The number of hydrogen-bond donors (Lipinski definition) is 2. The van der Waals surface area contributed by atoms with Crippen LogP contribution in [0.4, 0.5) is 5.69 Å². The van der Waals surface area contributed by atoms with Crippen LogP contribution in [0.3, 0.4) is 0 Å². The second-order valence-electron chi connectivity index (χ2n) is 14.8. The third-order valence-electron chi connectivity index (χ3n) is 11.8. The molecule has 0 aromatic heterocycles. The third kappa shape index (κ3) is 5.36. The van der Waals surface area contributed by atoms with E-state index in [9.17, 15) is 0 Å². The number of amidine groups is 1. The molecule has 0 bridgehead atoms. The molecule has 5 unspecified atom stereocenters. The molecule has 51 heavy (non-hydrogen) atoms. The highest BCUT2D eigenvalue weighted by molar-refractivity contribution is 6.01. The highest BCUT2D eigenvalue weighted by atomic mass is 15.3. The summed E-state index contributed by atoms with van der Waals surface area (Å²) >= 11 is 0. The molecule has 5 atom stereocenters. The van der Waals surface area contributed by atoms with Gasteiger partial charge in [-0.05, 0) is 102 Å². The van der Waals surface area contributed by atoms with Gasteiger partial charge in [0.1, 0.15) is 12.0 Å². The third-order valence-corrected chi connectivity index (χ3v) is 11.8. The number of fused-ring (bicyclic) bond motifs is 6. The minimum atomic E-state index is -0.110. The summed E-state index contributed by atoms with van der Waals surface area (Å²) in [5, 5.41) is 7.79. The van der Waals surface area contributed by atoms with Crippen molar-refractivity contribution in [2.24, 2.45) is 10.9 Å². The number of anilines is 1. The molecule has 0 spiro atoms. The van der Waals surface area contributed by atoms with Gasteiger partial charge in [0, 0.05) is 28.8 Å². The van der Waals surface area contributed by atoms with Crippen molar-refractivity contribution < 1.29 is 0 Å². The Balaban J connectivity index is 1.05. The predicted octanol–water partition coefficient (Wildman–Crippen LogP) is 10.2. The Morgan fingerprint density at radius 1 is 0.784 bits per heavy atom. The first-order valence-corrected chi connectivity index (χ1v) is 19.0. The summed E-state index contributed by atoms with van der Waals surface area (Å²) in [6, 6.07) is 24.5. The van der Waals surface area contributed by atoms with E-state index in [0.717, 1.165) is 50.8 Å². The van der Waals surface area contributed by atoms with Gasteiger partial charge in [-0.15, -0.1) is 0 Å². The molecule has 2 N–H and O–H groups in total. The van der Waals surface area contributed by atoms with Crippen LogP contribution in [0, 0.1) is 5.92 Å². The second-order valence-corrected chi connectivity index (χ2v) is 14.8. The van der Waals surface area contributed by atoms with Gasteiger partial charge in [-0.3, -0.25) is 5.32 Å². The minimum absolute atomic E-state index is 0.0304. The smallest absolute Gasteiger partial charge is 0.131 e. The fraction of sp³-hybridized carbons (Fsp3) is 0.255. The van der Waals surface area contributed by atoms with Gasteiger partial charge in [-0.25, -0.2) is 4.99 Å². The highest BCUT2D eigenvalue weighted by Crippen LogP contribution is 2.56. The molecule has 2 aliphatic heterocycles. The van der Waals surface area contributed by atoms with Crippen molar-refractivity contribution in [2.75, 3.05) is 4.90 Å². The average Bonchev–Trinajstić information content (AvgIpc) is 3.56. The summed E-state index contributed by atoms with van der Waals surface area (Å²) in [6.07, 6.45) is 36.0. The fourth-order valence-corrected chi connectivity index (χ4v) is 9.45. The normalized spacial score (nSPS) is 27.2. The van der Waals surface area contributed by atoms with E-state index in [1.807, 2.05) is 0 Å². The lowest BCUT2D eigenvalue weighted by atomic mass is 9.74. The first-order chi connectivity index (χ1) is 25.3. The molecular formula is C47H44N4. The Labute approximate surface area is 301 Å². The van der Waals surface area contributed by atoms with E-state index >= 15 is 0 Å². The van der Waals surface area contributed by atoms with Crippen molar-refractivity contribution in [1.29, 1.82) is 0 Å². The summed E-state index contributed by atoms with van der Waals surface area (Å²) in [7, 11) is 0. The molecule has 0 fully saturated rings. The van der Waals surface area contributed by atoms with Crippen molar-refractivity contribution in [2.45, 2.75) is 69.2 Å². The number of allylic oxidation sites excluding steroid dienone is 10. The number of nitrogens with one attached hydrogen (secondary N) is 2. The van der Waals surface area contributed by atoms with E-state index in [1.165, 1.54) is 50.4 Å². The Morgan fingerprint density at radius 3 is 2.47 bits per heavy atom. The summed E-state index contributed by atoms with van der Waals surface area (Å²) < 4.78 is 0. The second kappa shape index (κ2) is 12.9. The number of aliphatic imine (C=N–C) groups is 1. The van der Waals surface area contributed by atoms with Crippen LogP contribution in [-0.2, 0) is 6.42 Å². The van der Waals surface area contributed by atoms with E-state index in [1.54, 1.807) is 11.1 Å². The number of benzene rings is 3. The predicted molar refractivity (Wildman–Crippen MR) is 211 cm³/mol. The first kappa shape index (κ1) is 30.6. The van der Waals surface area contributed by atoms with Gasteiger partial charge in [-0.1, -0.05) is 127 Å². The van der Waals surface area contributed by atoms with Crippen LogP contribution in [0.1, 0.15) is 72.9 Å². The lowest BCUT2D eigenvalue weighted by Gasteiger charge is -2.40. The maximum Gasteiger partial charge on any atom is 0.131 e. The van der Waals surface area contributed by atoms with Crippen LogP contribution < -0.4 is 15.5 Å². The Bertz CT molecular complexity index is 2160. The largest absolute Gasteiger partial charge is 0.354 e. The quantitative estimate of drug-likeness (QED) is 0.285. The average molecular weight is 665 g/mol. The van der Waals surface area contributed by atoms with Crippen molar-refractivity contribution in [3.63, 3.8) is 0 Å². The molecule has 4 nitrogen and oxygen atoms in total. The maximum atomic E-state index is 5.22. The lowest BCUT2D eigenvalue weighted by molar-refractivity contribution is 0.323. The van der Waals surface area contributed by atoms with E-state index in [4.69, 9.17) is 4.99 Å². The molecule has 0 saturated heterocycles. The molecule has 7 aliphatic rings. The zero-order chi connectivity index (χ0) is 33.7.